The first-order chi connectivity index (χ1) is 6.62. The number of thiol groups is 1. The first kappa shape index (κ1) is 14.7. The molecule has 0 nitrogen and oxygen atoms in total. The van der Waals surface area contributed by atoms with Crippen LogP contribution in [0, 0.1) is 0 Å². The van der Waals surface area contributed by atoms with Crippen LogP contribution in [0.4, 0.5) is 0 Å². The highest BCUT2D eigenvalue weighted by atomic mass is 33.1. The lowest BCUT2D eigenvalue weighted by Gasteiger charge is -2.20. The van der Waals surface area contributed by atoms with Crippen molar-refractivity contribution in [2.45, 2.75) is 76.9 Å². The lowest BCUT2D eigenvalue weighted by atomic mass is 10.0. The molecule has 0 aromatic heterocycles. The first-order valence-electron chi connectivity index (χ1n) is 5.95. The summed E-state index contributed by atoms with van der Waals surface area (Å²) in [4.78, 5) is 0. The van der Waals surface area contributed by atoms with Crippen LogP contribution in [0.25, 0.3) is 0 Å². The van der Waals surface area contributed by atoms with E-state index in [0.29, 0.717) is 4.75 Å². The van der Waals surface area contributed by atoms with Crippen LogP contribution in [0.3, 0.4) is 0 Å². The van der Waals surface area contributed by atoms with E-state index in [9.17, 15) is 0 Å². The zero-order valence-corrected chi connectivity index (χ0v) is 11.7. The summed E-state index contributed by atoms with van der Waals surface area (Å²) in [5.74, 6) is 0. The van der Waals surface area contributed by atoms with Crippen LogP contribution in [-0.2, 0) is 0 Å². The zero-order valence-electron chi connectivity index (χ0n) is 10.0. The molecule has 0 heterocycles. The van der Waals surface area contributed by atoms with Gasteiger partial charge in [0.15, 0.2) is 0 Å². The Bertz CT molecular complexity index is 121. The van der Waals surface area contributed by atoms with E-state index in [2.05, 4.69) is 32.4 Å². The molecule has 0 atom stereocenters. The molecule has 0 aromatic carbocycles. The van der Waals surface area contributed by atoms with Crippen molar-refractivity contribution in [1.82, 2.24) is 0 Å². The maximum absolute atomic E-state index is 4.29. The molecule has 0 spiro atoms. The predicted molar refractivity (Wildman–Crippen MR) is 73.3 cm³/mol. The standard InChI is InChI=1S/C12H26S2/c1-4-5-6-7-8-9-10-11-12(2,3)14-13/h13H,4-11H2,1-3H3. The van der Waals surface area contributed by atoms with Crippen molar-refractivity contribution in [3.8, 4) is 0 Å². The fourth-order valence-corrected chi connectivity index (χ4v) is 2.06. The molecule has 0 rings (SSSR count). The van der Waals surface area contributed by atoms with Crippen LogP contribution < -0.4 is 0 Å². The van der Waals surface area contributed by atoms with Crippen molar-refractivity contribution in [3.05, 3.63) is 0 Å². The summed E-state index contributed by atoms with van der Waals surface area (Å²) in [6.07, 6.45) is 11.1. The topological polar surface area (TPSA) is 0 Å². The van der Waals surface area contributed by atoms with Crippen LogP contribution in [0.5, 0.6) is 0 Å². The highest BCUT2D eigenvalue weighted by Gasteiger charge is 2.15. The Balaban J connectivity index is 3.13. The van der Waals surface area contributed by atoms with Gasteiger partial charge in [-0.25, -0.2) is 0 Å². The highest BCUT2D eigenvalue weighted by Crippen LogP contribution is 2.32. The molecule has 0 unspecified atom stereocenters. The van der Waals surface area contributed by atoms with Crippen LogP contribution in [0.2, 0.25) is 0 Å². The SMILES string of the molecule is CCCCCCCCCC(C)(C)SS. The van der Waals surface area contributed by atoms with E-state index in [1.807, 2.05) is 0 Å². The Morgan fingerprint density at radius 2 is 1.43 bits per heavy atom. The average molecular weight is 234 g/mol. The molecule has 0 saturated heterocycles. The summed E-state index contributed by atoms with van der Waals surface area (Å²) in [7, 11) is 1.69. The molecule has 0 aliphatic carbocycles. The highest BCUT2D eigenvalue weighted by molar-refractivity contribution is 8.69. The number of rotatable bonds is 9. The molecule has 0 fully saturated rings. The van der Waals surface area contributed by atoms with Gasteiger partial charge < -0.3 is 0 Å². The van der Waals surface area contributed by atoms with Gasteiger partial charge in [0.05, 0.1) is 0 Å². The fraction of sp³-hybridized carbons (Fsp3) is 1.00. The fourth-order valence-electron chi connectivity index (χ4n) is 1.55. The molecule has 0 saturated carbocycles. The average Bonchev–Trinajstić information content (AvgIpc) is 2.16. The van der Waals surface area contributed by atoms with Crippen LogP contribution in [0.15, 0.2) is 0 Å². The van der Waals surface area contributed by atoms with E-state index < -0.39 is 0 Å². The van der Waals surface area contributed by atoms with Gasteiger partial charge in [0.25, 0.3) is 0 Å². The third-order valence-electron chi connectivity index (χ3n) is 2.63. The summed E-state index contributed by atoms with van der Waals surface area (Å²) in [6.45, 7) is 6.83. The van der Waals surface area contributed by atoms with E-state index in [0.717, 1.165) is 0 Å². The minimum atomic E-state index is 0.368. The third-order valence-corrected chi connectivity index (χ3v) is 4.81. The van der Waals surface area contributed by atoms with Crippen molar-refractivity contribution in [2.75, 3.05) is 0 Å². The summed E-state index contributed by atoms with van der Waals surface area (Å²) >= 11 is 4.29. The molecule has 0 amide bonds. The monoisotopic (exact) mass is 234 g/mol. The van der Waals surface area contributed by atoms with Crippen LogP contribution in [0.1, 0.15) is 72.1 Å². The van der Waals surface area contributed by atoms with Gasteiger partial charge in [-0.1, -0.05) is 62.7 Å². The van der Waals surface area contributed by atoms with Gasteiger partial charge in [0.2, 0.25) is 0 Å². The Labute approximate surface area is 99.4 Å². The maximum Gasteiger partial charge on any atom is 0.0205 e. The van der Waals surface area contributed by atoms with Gasteiger partial charge >= 0.3 is 0 Å². The summed E-state index contributed by atoms with van der Waals surface area (Å²) in [5, 5.41) is 0. The third kappa shape index (κ3) is 9.26. The maximum atomic E-state index is 4.29. The first-order valence-corrected chi connectivity index (χ1v) is 7.82. The van der Waals surface area contributed by atoms with E-state index in [-0.39, 0.29) is 0 Å². The van der Waals surface area contributed by atoms with Gasteiger partial charge in [-0.2, -0.15) is 0 Å². The quantitative estimate of drug-likeness (QED) is 0.313. The van der Waals surface area contributed by atoms with E-state index in [1.165, 1.54) is 51.4 Å². The smallest absolute Gasteiger partial charge is 0.0205 e. The summed E-state index contributed by atoms with van der Waals surface area (Å²) in [5.41, 5.74) is 0. The van der Waals surface area contributed by atoms with Crippen LogP contribution in [-0.4, -0.2) is 4.75 Å². The second-order valence-electron chi connectivity index (χ2n) is 4.72. The normalized spacial score (nSPS) is 12.0. The molecule has 0 bridgehead atoms. The second kappa shape index (κ2) is 8.96. The Morgan fingerprint density at radius 1 is 0.929 bits per heavy atom. The Kier molecular flexibility index (Phi) is 9.41. The molecule has 0 aliphatic heterocycles. The lowest BCUT2D eigenvalue weighted by molar-refractivity contribution is 0.538. The van der Waals surface area contributed by atoms with Gasteiger partial charge in [-0.3, -0.25) is 0 Å². The zero-order chi connectivity index (χ0) is 10.9. The van der Waals surface area contributed by atoms with Crippen LogP contribution >= 0.6 is 22.5 Å². The number of unbranched alkanes of at least 4 members (excludes halogenated alkanes) is 6. The molecular formula is C12H26S2. The summed E-state index contributed by atoms with van der Waals surface area (Å²) < 4.78 is 0.368. The molecule has 0 aliphatic rings. The van der Waals surface area contributed by atoms with Gasteiger partial charge in [0, 0.05) is 4.75 Å². The Morgan fingerprint density at radius 3 is 1.93 bits per heavy atom. The molecule has 86 valence electrons. The van der Waals surface area contributed by atoms with Crippen molar-refractivity contribution in [2.24, 2.45) is 0 Å². The number of hydrogen-bond donors (Lipinski definition) is 1. The minimum absolute atomic E-state index is 0.368. The minimum Gasteiger partial charge on any atom is -0.111 e. The largest absolute Gasteiger partial charge is 0.111 e. The van der Waals surface area contributed by atoms with Crippen molar-refractivity contribution < 1.29 is 0 Å². The second-order valence-corrected chi connectivity index (χ2v) is 6.56. The molecule has 14 heavy (non-hydrogen) atoms. The molecule has 0 N–H and O–H groups in total. The van der Waals surface area contributed by atoms with E-state index >= 15 is 0 Å². The summed E-state index contributed by atoms with van der Waals surface area (Å²) in [6, 6.07) is 0. The number of hydrogen-bond acceptors (Lipinski definition) is 2. The van der Waals surface area contributed by atoms with Gasteiger partial charge in [-0.15, -0.1) is 11.7 Å². The molecule has 2 heteroatoms. The predicted octanol–water partition coefficient (Wildman–Crippen LogP) is 5.48. The molecular weight excluding hydrogens is 208 g/mol. The van der Waals surface area contributed by atoms with Gasteiger partial charge in [0.1, 0.15) is 0 Å². The molecule has 0 aromatic rings. The van der Waals surface area contributed by atoms with Crippen molar-refractivity contribution in [1.29, 1.82) is 0 Å². The molecule has 0 radical (unpaired) electrons. The van der Waals surface area contributed by atoms with E-state index in [1.54, 1.807) is 10.8 Å². The van der Waals surface area contributed by atoms with Crippen molar-refractivity contribution >= 4 is 22.5 Å². The van der Waals surface area contributed by atoms with Crippen molar-refractivity contribution in [3.63, 3.8) is 0 Å². The van der Waals surface area contributed by atoms with E-state index in [4.69, 9.17) is 0 Å². The Hall–Kier alpha value is 0.700. The lowest BCUT2D eigenvalue weighted by Crippen LogP contribution is -2.11. The van der Waals surface area contributed by atoms with Gasteiger partial charge in [-0.05, 0) is 20.3 Å².